The van der Waals surface area contributed by atoms with Crippen LogP contribution in [0.4, 0.5) is 18.2 Å². The van der Waals surface area contributed by atoms with E-state index in [0.717, 1.165) is 41.5 Å². The largest absolute Gasteiger partial charge is 0.416 e. The van der Waals surface area contributed by atoms with Crippen LogP contribution in [-0.2, 0) is 6.18 Å². The maximum absolute atomic E-state index is 12.4. The lowest BCUT2D eigenvalue weighted by molar-refractivity contribution is -0.137. The molecule has 1 aromatic carbocycles. The average molecular weight is 286 g/mol. The minimum Gasteiger partial charge on any atom is -0.312 e. The molecule has 1 aromatic heterocycles. The Kier molecular flexibility index (Phi) is 3.57. The third-order valence-electron chi connectivity index (χ3n) is 2.34. The van der Waals surface area contributed by atoms with Crippen LogP contribution in [0, 0.1) is 6.92 Å². The topological polar surface area (TPSA) is 42.0 Å². The SMILES string of the molecule is Cc1cc(NC(=O)c2ccc(C(F)(F)F)cc2)sn1. The summed E-state index contributed by atoms with van der Waals surface area (Å²) in [6.07, 6.45) is -4.40. The molecule has 0 fully saturated rings. The van der Waals surface area contributed by atoms with E-state index < -0.39 is 17.6 Å². The van der Waals surface area contributed by atoms with Crippen LogP contribution >= 0.6 is 11.5 Å². The normalized spacial score (nSPS) is 11.4. The summed E-state index contributed by atoms with van der Waals surface area (Å²) >= 11 is 1.12. The first-order valence-electron chi connectivity index (χ1n) is 5.28. The van der Waals surface area contributed by atoms with Gasteiger partial charge in [-0.1, -0.05) is 0 Å². The molecule has 0 saturated heterocycles. The van der Waals surface area contributed by atoms with Crippen molar-refractivity contribution in [2.45, 2.75) is 13.1 Å². The molecular formula is C12H9F3N2OS. The molecule has 0 aliphatic carbocycles. The molecule has 2 aromatic rings. The number of amides is 1. The molecule has 0 aliphatic heterocycles. The first-order chi connectivity index (χ1) is 8.86. The van der Waals surface area contributed by atoms with Gasteiger partial charge in [0.05, 0.1) is 11.3 Å². The highest BCUT2D eigenvalue weighted by Crippen LogP contribution is 2.29. The summed E-state index contributed by atoms with van der Waals surface area (Å²) in [5, 5.41) is 3.13. The molecule has 0 unspecified atom stereocenters. The highest BCUT2D eigenvalue weighted by atomic mass is 32.1. The van der Waals surface area contributed by atoms with Crippen LogP contribution in [0.15, 0.2) is 30.3 Å². The minimum atomic E-state index is -4.40. The van der Waals surface area contributed by atoms with Crippen LogP contribution in [0.3, 0.4) is 0 Å². The Hall–Kier alpha value is -1.89. The van der Waals surface area contributed by atoms with E-state index in [-0.39, 0.29) is 5.56 Å². The van der Waals surface area contributed by atoms with Crippen molar-refractivity contribution in [1.29, 1.82) is 0 Å². The highest BCUT2D eigenvalue weighted by Gasteiger charge is 2.30. The molecule has 1 amide bonds. The molecule has 0 saturated carbocycles. The molecule has 1 N–H and O–H groups in total. The fourth-order valence-electron chi connectivity index (χ4n) is 1.42. The predicted molar refractivity (Wildman–Crippen MR) is 66.2 cm³/mol. The van der Waals surface area contributed by atoms with Gasteiger partial charge in [-0.05, 0) is 48.8 Å². The van der Waals surface area contributed by atoms with Crippen LogP contribution < -0.4 is 5.32 Å². The van der Waals surface area contributed by atoms with Crippen molar-refractivity contribution in [2.24, 2.45) is 0 Å². The predicted octanol–water partition coefficient (Wildman–Crippen LogP) is 3.72. The number of halogens is 3. The lowest BCUT2D eigenvalue weighted by Crippen LogP contribution is -2.12. The smallest absolute Gasteiger partial charge is 0.312 e. The van der Waals surface area contributed by atoms with Gasteiger partial charge in [0.1, 0.15) is 5.00 Å². The number of anilines is 1. The molecule has 19 heavy (non-hydrogen) atoms. The van der Waals surface area contributed by atoms with Crippen LogP contribution in [0.25, 0.3) is 0 Å². The number of nitrogens with zero attached hydrogens (tertiary/aromatic N) is 1. The lowest BCUT2D eigenvalue weighted by atomic mass is 10.1. The number of hydrogen-bond donors (Lipinski definition) is 1. The number of benzene rings is 1. The summed E-state index contributed by atoms with van der Waals surface area (Å²) in [5.74, 6) is -0.461. The quantitative estimate of drug-likeness (QED) is 0.914. The van der Waals surface area contributed by atoms with Gasteiger partial charge in [-0.2, -0.15) is 17.5 Å². The van der Waals surface area contributed by atoms with Crippen molar-refractivity contribution < 1.29 is 18.0 Å². The second-order valence-electron chi connectivity index (χ2n) is 3.86. The lowest BCUT2D eigenvalue weighted by Gasteiger charge is -2.07. The van der Waals surface area contributed by atoms with Gasteiger partial charge in [-0.3, -0.25) is 4.79 Å². The Labute approximate surface area is 111 Å². The third-order valence-corrected chi connectivity index (χ3v) is 3.13. The van der Waals surface area contributed by atoms with Crippen molar-refractivity contribution in [3.8, 4) is 0 Å². The zero-order chi connectivity index (χ0) is 14.0. The summed E-state index contributed by atoms with van der Waals surface area (Å²) < 4.78 is 41.1. The number of aryl methyl sites for hydroxylation is 1. The summed E-state index contributed by atoms with van der Waals surface area (Å²) in [4.78, 5) is 11.8. The summed E-state index contributed by atoms with van der Waals surface area (Å²) in [5.41, 5.74) is 0.157. The van der Waals surface area contributed by atoms with E-state index in [9.17, 15) is 18.0 Å². The molecule has 0 spiro atoms. The standard InChI is InChI=1S/C12H9F3N2OS/c1-7-6-10(19-17-7)16-11(18)8-2-4-9(5-3-8)12(13,14)15/h2-6H,1H3,(H,16,18). The van der Waals surface area contributed by atoms with Gasteiger partial charge >= 0.3 is 6.18 Å². The molecule has 3 nitrogen and oxygen atoms in total. The second kappa shape index (κ2) is 5.00. The molecule has 0 aliphatic rings. The summed E-state index contributed by atoms with van der Waals surface area (Å²) in [7, 11) is 0. The summed E-state index contributed by atoms with van der Waals surface area (Å²) in [6.45, 7) is 1.78. The van der Waals surface area contributed by atoms with Crippen LogP contribution in [0.1, 0.15) is 21.6 Å². The maximum Gasteiger partial charge on any atom is 0.416 e. The van der Waals surface area contributed by atoms with E-state index in [0.29, 0.717) is 5.00 Å². The van der Waals surface area contributed by atoms with Gasteiger partial charge in [0.2, 0.25) is 0 Å². The first-order valence-corrected chi connectivity index (χ1v) is 6.05. The number of rotatable bonds is 2. The average Bonchev–Trinajstić information content (AvgIpc) is 2.74. The molecule has 7 heteroatoms. The Morgan fingerprint density at radius 3 is 2.37 bits per heavy atom. The van der Waals surface area contributed by atoms with E-state index in [4.69, 9.17) is 0 Å². The van der Waals surface area contributed by atoms with Crippen molar-refractivity contribution in [3.63, 3.8) is 0 Å². The van der Waals surface area contributed by atoms with Crippen LogP contribution in [0.2, 0.25) is 0 Å². The van der Waals surface area contributed by atoms with Crippen molar-refractivity contribution in [2.75, 3.05) is 5.32 Å². The number of carbonyl (C=O) groups is 1. The Morgan fingerprint density at radius 2 is 1.89 bits per heavy atom. The van der Waals surface area contributed by atoms with Gasteiger partial charge in [-0.15, -0.1) is 0 Å². The van der Waals surface area contributed by atoms with E-state index in [1.807, 2.05) is 0 Å². The van der Waals surface area contributed by atoms with Gasteiger partial charge in [0.25, 0.3) is 5.91 Å². The monoisotopic (exact) mass is 286 g/mol. The van der Waals surface area contributed by atoms with Crippen LogP contribution in [0.5, 0.6) is 0 Å². The number of hydrogen-bond acceptors (Lipinski definition) is 3. The molecule has 100 valence electrons. The molecule has 2 rings (SSSR count). The Morgan fingerprint density at radius 1 is 1.26 bits per heavy atom. The molecular weight excluding hydrogens is 277 g/mol. The molecule has 0 bridgehead atoms. The van der Waals surface area contributed by atoms with E-state index in [1.54, 1.807) is 13.0 Å². The van der Waals surface area contributed by atoms with Crippen molar-refractivity contribution in [3.05, 3.63) is 47.2 Å². The maximum atomic E-state index is 12.4. The van der Waals surface area contributed by atoms with Crippen LogP contribution in [-0.4, -0.2) is 10.3 Å². The number of aromatic nitrogens is 1. The number of carbonyl (C=O) groups excluding carboxylic acids is 1. The third kappa shape index (κ3) is 3.31. The van der Waals surface area contributed by atoms with E-state index >= 15 is 0 Å². The van der Waals surface area contributed by atoms with Crippen molar-refractivity contribution >= 4 is 22.4 Å². The number of alkyl halides is 3. The fourth-order valence-corrected chi connectivity index (χ4v) is 2.07. The molecule has 0 atom stereocenters. The van der Waals surface area contributed by atoms with Gasteiger partial charge < -0.3 is 5.32 Å². The molecule has 1 heterocycles. The fraction of sp³-hybridized carbons (Fsp3) is 0.167. The zero-order valence-electron chi connectivity index (χ0n) is 9.78. The van der Waals surface area contributed by atoms with Crippen molar-refractivity contribution in [1.82, 2.24) is 4.37 Å². The highest BCUT2D eigenvalue weighted by molar-refractivity contribution is 7.10. The summed E-state index contributed by atoms with van der Waals surface area (Å²) in [6, 6.07) is 5.74. The zero-order valence-corrected chi connectivity index (χ0v) is 10.6. The minimum absolute atomic E-state index is 0.166. The molecule has 0 radical (unpaired) electrons. The van der Waals surface area contributed by atoms with E-state index in [1.165, 1.54) is 0 Å². The van der Waals surface area contributed by atoms with E-state index in [2.05, 4.69) is 9.69 Å². The number of nitrogens with one attached hydrogen (secondary N) is 1. The van der Waals surface area contributed by atoms with Gasteiger partial charge in [0, 0.05) is 5.56 Å². The van der Waals surface area contributed by atoms with Gasteiger partial charge in [-0.25, -0.2) is 0 Å². The Balaban J connectivity index is 2.12. The Bertz CT molecular complexity index is 590. The van der Waals surface area contributed by atoms with Gasteiger partial charge in [0.15, 0.2) is 0 Å². The first kappa shape index (κ1) is 13.5. The second-order valence-corrected chi connectivity index (χ2v) is 4.67.